The van der Waals surface area contributed by atoms with E-state index in [0.717, 1.165) is 29.5 Å². The molecular formula is C28H21ClF2N2O3S2. The fourth-order valence-corrected chi connectivity index (χ4v) is 6.30. The van der Waals surface area contributed by atoms with Crippen LogP contribution in [0, 0.1) is 11.6 Å². The number of pyridine rings is 1. The Morgan fingerprint density at radius 1 is 1.11 bits per heavy atom. The number of benzene rings is 2. The number of Topliss-reactive ketones (excluding diaryl/α,β-unsaturated/α-hetero) is 1. The van der Waals surface area contributed by atoms with Crippen LogP contribution in [0.15, 0.2) is 82.4 Å². The van der Waals surface area contributed by atoms with E-state index in [4.69, 9.17) is 16.3 Å². The molecule has 1 aliphatic rings. The van der Waals surface area contributed by atoms with Gasteiger partial charge in [-0.2, -0.15) is 11.3 Å². The Morgan fingerprint density at radius 3 is 2.63 bits per heavy atom. The molecule has 1 aliphatic heterocycles. The Balaban J connectivity index is 1.45. The van der Waals surface area contributed by atoms with Crippen molar-refractivity contribution in [3.63, 3.8) is 0 Å². The van der Waals surface area contributed by atoms with E-state index in [1.807, 2.05) is 16.8 Å². The minimum absolute atomic E-state index is 0.0211. The third-order valence-corrected chi connectivity index (χ3v) is 8.72. The van der Waals surface area contributed by atoms with E-state index in [9.17, 15) is 18.4 Å². The van der Waals surface area contributed by atoms with Crippen LogP contribution in [0.2, 0.25) is 5.02 Å². The molecule has 0 saturated carbocycles. The van der Waals surface area contributed by atoms with Crippen LogP contribution >= 0.6 is 34.7 Å². The summed E-state index contributed by atoms with van der Waals surface area (Å²) in [4.78, 5) is 32.1. The lowest BCUT2D eigenvalue weighted by Crippen LogP contribution is -2.58. The first-order valence-corrected chi connectivity index (χ1v) is 13.8. The zero-order chi connectivity index (χ0) is 26.9. The molecule has 1 N–H and O–H groups in total. The first kappa shape index (κ1) is 26.3. The van der Waals surface area contributed by atoms with Gasteiger partial charge < -0.3 is 10.1 Å². The number of thioether (sulfide) groups is 1. The summed E-state index contributed by atoms with van der Waals surface area (Å²) in [6.45, 7) is 1.69. The summed E-state index contributed by atoms with van der Waals surface area (Å²) in [6, 6.07) is 17.5. The predicted octanol–water partition coefficient (Wildman–Crippen LogP) is 6.71. The highest BCUT2D eigenvalue weighted by Crippen LogP contribution is 2.41. The van der Waals surface area contributed by atoms with Crippen molar-refractivity contribution in [2.75, 3.05) is 0 Å². The Bertz CT molecular complexity index is 1480. The first-order chi connectivity index (χ1) is 18.3. The molecule has 4 aromatic rings. The van der Waals surface area contributed by atoms with Crippen molar-refractivity contribution >= 4 is 46.4 Å². The minimum atomic E-state index is -1.20. The molecule has 2 aromatic heterocycles. The Kier molecular flexibility index (Phi) is 7.52. The molecule has 38 heavy (non-hydrogen) atoms. The number of thiophene rings is 1. The second-order valence-electron chi connectivity index (χ2n) is 8.77. The number of hydrogen-bond acceptors (Lipinski definition) is 6. The molecule has 0 spiro atoms. The van der Waals surface area contributed by atoms with Gasteiger partial charge in [-0.1, -0.05) is 35.9 Å². The standard InChI is InChI=1S/C28H21ClF2N2O3S2/c1-16(17-9-10-20(30)21(31)13-17)36-25-8-4-7-24(32-25)28(18-11-12-37-15-18)14-22(34)26(27(35)33-28)38-23-6-3-2-5-19(23)29/h2-13,15-16,26H,14H2,1H3,(H,33,35). The smallest absolute Gasteiger partial charge is 0.242 e. The van der Waals surface area contributed by atoms with E-state index in [0.29, 0.717) is 21.2 Å². The first-order valence-electron chi connectivity index (χ1n) is 11.6. The summed E-state index contributed by atoms with van der Waals surface area (Å²) in [5.74, 6) is -2.40. The van der Waals surface area contributed by atoms with Gasteiger partial charge in [0.05, 0.1) is 10.7 Å². The maximum atomic E-state index is 13.7. The number of nitrogens with one attached hydrogen (secondary N) is 1. The predicted molar refractivity (Wildman–Crippen MR) is 144 cm³/mol. The average Bonchev–Trinajstić information content (AvgIpc) is 3.45. The number of piperidine rings is 1. The lowest BCUT2D eigenvalue weighted by molar-refractivity contribution is -0.133. The fourth-order valence-electron chi connectivity index (χ4n) is 4.32. The SMILES string of the molecule is CC(Oc1cccc(C2(c3ccsc3)CC(=O)C(Sc3ccccc3Cl)C(=O)N2)n1)c1ccc(F)c(F)c1. The van der Waals surface area contributed by atoms with Crippen LogP contribution in [0.4, 0.5) is 8.78 Å². The third kappa shape index (κ3) is 5.18. The summed E-state index contributed by atoms with van der Waals surface area (Å²) in [5.41, 5.74) is 0.387. The molecular weight excluding hydrogens is 550 g/mol. The summed E-state index contributed by atoms with van der Waals surface area (Å²) < 4.78 is 33.0. The maximum absolute atomic E-state index is 13.7. The second kappa shape index (κ2) is 10.8. The maximum Gasteiger partial charge on any atom is 0.242 e. The van der Waals surface area contributed by atoms with Gasteiger partial charge in [-0.25, -0.2) is 13.8 Å². The number of amides is 1. The monoisotopic (exact) mass is 570 g/mol. The molecule has 3 heterocycles. The van der Waals surface area contributed by atoms with E-state index in [2.05, 4.69) is 10.3 Å². The number of halogens is 3. The van der Waals surface area contributed by atoms with Gasteiger partial charge in [-0.05, 0) is 65.2 Å². The third-order valence-electron chi connectivity index (χ3n) is 6.27. The number of carbonyl (C=O) groups excluding carboxylic acids is 2. The molecule has 0 bridgehead atoms. The molecule has 10 heteroatoms. The summed E-state index contributed by atoms with van der Waals surface area (Å²) in [7, 11) is 0. The molecule has 5 nitrogen and oxygen atoms in total. The average molecular weight is 571 g/mol. The van der Waals surface area contributed by atoms with E-state index >= 15 is 0 Å². The van der Waals surface area contributed by atoms with Crippen molar-refractivity contribution in [1.82, 2.24) is 10.3 Å². The van der Waals surface area contributed by atoms with Gasteiger partial charge in [-0.3, -0.25) is 9.59 Å². The highest BCUT2D eigenvalue weighted by molar-refractivity contribution is 8.01. The number of hydrogen-bond donors (Lipinski definition) is 1. The summed E-state index contributed by atoms with van der Waals surface area (Å²) >= 11 is 8.82. The van der Waals surface area contributed by atoms with Crippen LogP contribution in [0.5, 0.6) is 5.88 Å². The van der Waals surface area contributed by atoms with Crippen LogP contribution in [0.1, 0.15) is 36.3 Å². The second-order valence-corrected chi connectivity index (χ2v) is 11.1. The van der Waals surface area contributed by atoms with Crippen LogP contribution in [-0.2, 0) is 15.1 Å². The van der Waals surface area contributed by atoms with E-state index in [1.165, 1.54) is 17.4 Å². The van der Waals surface area contributed by atoms with Crippen molar-refractivity contribution in [2.24, 2.45) is 0 Å². The van der Waals surface area contributed by atoms with Gasteiger partial charge >= 0.3 is 0 Å². The lowest BCUT2D eigenvalue weighted by atomic mass is 9.79. The Morgan fingerprint density at radius 2 is 1.92 bits per heavy atom. The van der Waals surface area contributed by atoms with Crippen LogP contribution in [0.3, 0.4) is 0 Å². The minimum Gasteiger partial charge on any atom is -0.470 e. The van der Waals surface area contributed by atoms with E-state index < -0.39 is 34.4 Å². The molecule has 3 atom stereocenters. The number of carbonyl (C=O) groups is 2. The molecule has 0 radical (unpaired) electrons. The van der Waals surface area contributed by atoms with Gasteiger partial charge in [0.2, 0.25) is 11.8 Å². The van der Waals surface area contributed by atoms with Crippen LogP contribution in [0.25, 0.3) is 0 Å². The van der Waals surface area contributed by atoms with Crippen molar-refractivity contribution in [1.29, 1.82) is 0 Å². The van der Waals surface area contributed by atoms with E-state index in [1.54, 1.807) is 49.4 Å². The lowest BCUT2D eigenvalue weighted by Gasteiger charge is -2.39. The van der Waals surface area contributed by atoms with Gasteiger partial charge in [0, 0.05) is 17.4 Å². The molecule has 2 aromatic carbocycles. The van der Waals surface area contributed by atoms with Gasteiger partial charge in [0.25, 0.3) is 0 Å². The Hall–Kier alpha value is -3.27. The number of aromatic nitrogens is 1. The van der Waals surface area contributed by atoms with Crippen LogP contribution < -0.4 is 10.1 Å². The molecule has 194 valence electrons. The fraction of sp³-hybridized carbons (Fsp3) is 0.179. The highest BCUT2D eigenvalue weighted by atomic mass is 35.5. The normalized spacial score (nSPS) is 20.2. The van der Waals surface area contributed by atoms with Crippen LogP contribution in [-0.4, -0.2) is 21.9 Å². The molecule has 0 aliphatic carbocycles. The van der Waals surface area contributed by atoms with Gasteiger partial charge in [0.1, 0.15) is 16.9 Å². The summed E-state index contributed by atoms with van der Waals surface area (Å²) in [5, 5.41) is 6.31. The molecule has 1 amide bonds. The van der Waals surface area contributed by atoms with Crippen molar-refractivity contribution in [2.45, 2.75) is 35.1 Å². The highest BCUT2D eigenvalue weighted by Gasteiger charge is 2.48. The van der Waals surface area contributed by atoms with E-state index in [-0.39, 0.29) is 18.1 Å². The topological polar surface area (TPSA) is 68.3 Å². The van der Waals surface area contributed by atoms with Crippen molar-refractivity contribution < 1.29 is 23.1 Å². The van der Waals surface area contributed by atoms with Gasteiger partial charge in [0.15, 0.2) is 17.4 Å². The quantitative estimate of drug-likeness (QED) is 0.250. The molecule has 5 rings (SSSR count). The number of nitrogens with zero attached hydrogens (tertiary/aromatic N) is 1. The largest absolute Gasteiger partial charge is 0.470 e. The van der Waals surface area contributed by atoms with Crippen molar-refractivity contribution in [3.05, 3.63) is 111 Å². The summed E-state index contributed by atoms with van der Waals surface area (Å²) in [6.07, 6.45) is -0.656. The number of ketones is 1. The molecule has 3 unspecified atom stereocenters. The number of ether oxygens (including phenoxy) is 1. The zero-order valence-corrected chi connectivity index (χ0v) is 22.4. The molecule has 1 fully saturated rings. The Labute approximate surface area is 231 Å². The van der Waals surface area contributed by atoms with Crippen molar-refractivity contribution in [3.8, 4) is 5.88 Å². The molecule has 1 saturated heterocycles. The van der Waals surface area contributed by atoms with Gasteiger partial charge in [-0.15, -0.1) is 11.8 Å². The number of rotatable bonds is 7. The zero-order valence-electron chi connectivity index (χ0n) is 20.0.